The highest BCUT2D eigenvalue weighted by atomic mass is 16.4. The van der Waals surface area contributed by atoms with Crippen LogP contribution in [0.5, 0.6) is 0 Å². The first-order chi connectivity index (χ1) is 6.98. The Balaban J connectivity index is 2.89. The summed E-state index contributed by atoms with van der Waals surface area (Å²) in [6.45, 7) is 5.75. The Bertz CT molecular complexity index is 357. The molecular weight excluding hydrogens is 188 g/mol. The molecule has 15 heavy (non-hydrogen) atoms. The van der Waals surface area contributed by atoms with E-state index in [1.165, 1.54) is 5.56 Å². The zero-order valence-electron chi connectivity index (χ0n) is 9.58. The van der Waals surface area contributed by atoms with Gasteiger partial charge in [0.05, 0.1) is 5.41 Å². The molecule has 1 aromatic carbocycles. The van der Waals surface area contributed by atoms with Crippen LogP contribution < -0.4 is 0 Å². The molecule has 82 valence electrons. The Morgan fingerprint density at radius 1 is 1.47 bits per heavy atom. The summed E-state index contributed by atoms with van der Waals surface area (Å²) in [6.07, 6.45) is 1.25. The minimum atomic E-state index is -0.716. The molecule has 0 fully saturated rings. The fourth-order valence-electron chi connectivity index (χ4n) is 1.62. The summed E-state index contributed by atoms with van der Waals surface area (Å²) in [5.74, 6) is -0.716. The van der Waals surface area contributed by atoms with Crippen molar-refractivity contribution in [1.82, 2.24) is 0 Å². The monoisotopic (exact) mass is 206 g/mol. The zero-order valence-corrected chi connectivity index (χ0v) is 9.58. The van der Waals surface area contributed by atoms with Crippen molar-refractivity contribution in [2.24, 2.45) is 5.41 Å². The van der Waals surface area contributed by atoms with Crippen LogP contribution in [0, 0.1) is 12.3 Å². The highest BCUT2D eigenvalue weighted by Crippen LogP contribution is 2.27. The second-order valence-corrected chi connectivity index (χ2v) is 4.39. The van der Waals surface area contributed by atoms with Gasteiger partial charge >= 0.3 is 5.97 Å². The minimum Gasteiger partial charge on any atom is -0.481 e. The Kier molecular flexibility index (Phi) is 3.51. The summed E-state index contributed by atoms with van der Waals surface area (Å²) in [7, 11) is 0. The number of benzene rings is 1. The third-order valence-electron chi connectivity index (χ3n) is 2.97. The number of carbonyl (C=O) groups is 1. The van der Waals surface area contributed by atoms with E-state index in [1.54, 1.807) is 6.92 Å². The number of carboxylic acid groups (broad SMARTS) is 1. The van der Waals surface area contributed by atoms with Crippen LogP contribution in [0.3, 0.4) is 0 Å². The van der Waals surface area contributed by atoms with Gasteiger partial charge in [0.25, 0.3) is 0 Å². The predicted molar refractivity (Wildman–Crippen MR) is 60.9 cm³/mol. The quantitative estimate of drug-likeness (QED) is 0.822. The largest absolute Gasteiger partial charge is 0.481 e. The summed E-state index contributed by atoms with van der Waals surface area (Å²) < 4.78 is 0. The molecule has 0 aliphatic rings. The van der Waals surface area contributed by atoms with Gasteiger partial charge in [-0.2, -0.15) is 0 Å². The van der Waals surface area contributed by atoms with E-state index in [9.17, 15) is 4.79 Å². The van der Waals surface area contributed by atoms with E-state index in [1.807, 2.05) is 32.0 Å². The molecule has 0 spiro atoms. The van der Waals surface area contributed by atoms with Crippen molar-refractivity contribution in [3.05, 3.63) is 35.4 Å². The molecule has 2 heteroatoms. The van der Waals surface area contributed by atoms with Gasteiger partial charge < -0.3 is 5.11 Å². The molecule has 1 aromatic rings. The molecular formula is C13H18O2. The smallest absolute Gasteiger partial charge is 0.309 e. The Morgan fingerprint density at radius 2 is 2.13 bits per heavy atom. The first kappa shape index (κ1) is 11.8. The minimum absolute atomic E-state index is 0.598. The van der Waals surface area contributed by atoms with Gasteiger partial charge in [0.1, 0.15) is 0 Å². The van der Waals surface area contributed by atoms with Crippen molar-refractivity contribution in [3.63, 3.8) is 0 Å². The van der Waals surface area contributed by atoms with E-state index in [2.05, 4.69) is 6.07 Å². The molecule has 0 amide bonds. The second-order valence-electron chi connectivity index (χ2n) is 4.39. The molecule has 1 atom stereocenters. The highest BCUT2D eigenvalue weighted by Gasteiger charge is 2.31. The SMILES string of the molecule is CCC(C)(Cc1cccc(C)c1)C(=O)O. The lowest BCUT2D eigenvalue weighted by molar-refractivity contribution is -0.148. The van der Waals surface area contributed by atoms with Crippen molar-refractivity contribution < 1.29 is 9.90 Å². The summed E-state index contributed by atoms with van der Waals surface area (Å²) >= 11 is 0. The molecule has 0 saturated carbocycles. The van der Waals surface area contributed by atoms with Crippen molar-refractivity contribution in [2.75, 3.05) is 0 Å². The summed E-state index contributed by atoms with van der Waals surface area (Å²) in [5.41, 5.74) is 1.63. The van der Waals surface area contributed by atoms with E-state index in [0.717, 1.165) is 5.56 Å². The fraction of sp³-hybridized carbons (Fsp3) is 0.462. The Morgan fingerprint density at radius 3 is 2.60 bits per heavy atom. The van der Waals surface area contributed by atoms with E-state index in [-0.39, 0.29) is 0 Å². The Labute approximate surface area is 90.9 Å². The second kappa shape index (κ2) is 4.47. The lowest BCUT2D eigenvalue weighted by Gasteiger charge is -2.23. The van der Waals surface area contributed by atoms with Crippen molar-refractivity contribution >= 4 is 5.97 Å². The third kappa shape index (κ3) is 2.82. The molecule has 2 nitrogen and oxygen atoms in total. The molecule has 1 rings (SSSR count). The molecule has 0 heterocycles. The maximum atomic E-state index is 11.1. The fourth-order valence-corrected chi connectivity index (χ4v) is 1.62. The number of aryl methyl sites for hydroxylation is 1. The van der Waals surface area contributed by atoms with Crippen molar-refractivity contribution in [3.8, 4) is 0 Å². The van der Waals surface area contributed by atoms with Crippen LogP contribution in [0.25, 0.3) is 0 Å². The van der Waals surface area contributed by atoms with Gasteiger partial charge in [-0.15, -0.1) is 0 Å². The number of aliphatic carboxylic acids is 1. The molecule has 1 N–H and O–H groups in total. The van der Waals surface area contributed by atoms with E-state index in [4.69, 9.17) is 5.11 Å². The summed E-state index contributed by atoms with van der Waals surface area (Å²) in [6, 6.07) is 8.04. The molecule has 0 aliphatic heterocycles. The van der Waals surface area contributed by atoms with Gasteiger partial charge in [0.15, 0.2) is 0 Å². The van der Waals surface area contributed by atoms with Gasteiger partial charge in [-0.3, -0.25) is 4.79 Å². The maximum absolute atomic E-state index is 11.1. The third-order valence-corrected chi connectivity index (χ3v) is 2.97. The highest BCUT2D eigenvalue weighted by molar-refractivity contribution is 5.74. The molecule has 0 saturated heterocycles. The van der Waals surface area contributed by atoms with Crippen LogP contribution in [0.2, 0.25) is 0 Å². The van der Waals surface area contributed by atoms with E-state index in [0.29, 0.717) is 12.8 Å². The van der Waals surface area contributed by atoms with Crippen molar-refractivity contribution in [1.29, 1.82) is 0 Å². The van der Waals surface area contributed by atoms with Gasteiger partial charge in [0, 0.05) is 0 Å². The van der Waals surface area contributed by atoms with Gasteiger partial charge in [0.2, 0.25) is 0 Å². The van der Waals surface area contributed by atoms with Crippen LogP contribution in [0.4, 0.5) is 0 Å². The topological polar surface area (TPSA) is 37.3 Å². The standard InChI is InChI=1S/C13H18O2/c1-4-13(3,12(14)15)9-11-7-5-6-10(2)8-11/h5-8H,4,9H2,1-3H3,(H,14,15). The van der Waals surface area contributed by atoms with Crippen molar-refractivity contribution in [2.45, 2.75) is 33.6 Å². The average molecular weight is 206 g/mol. The zero-order chi connectivity index (χ0) is 11.5. The molecule has 0 aliphatic carbocycles. The molecule has 1 unspecified atom stereocenters. The van der Waals surface area contributed by atoms with Crippen LogP contribution >= 0.6 is 0 Å². The number of hydrogen-bond acceptors (Lipinski definition) is 1. The first-order valence-electron chi connectivity index (χ1n) is 5.27. The first-order valence-corrected chi connectivity index (χ1v) is 5.27. The van der Waals surface area contributed by atoms with Crippen LogP contribution in [0.1, 0.15) is 31.4 Å². The lowest BCUT2D eigenvalue weighted by Crippen LogP contribution is -2.29. The summed E-state index contributed by atoms with van der Waals surface area (Å²) in [5, 5.41) is 9.16. The normalized spacial score (nSPS) is 14.6. The van der Waals surface area contributed by atoms with Crippen LogP contribution in [-0.4, -0.2) is 11.1 Å². The van der Waals surface area contributed by atoms with E-state index < -0.39 is 11.4 Å². The molecule has 0 bridgehead atoms. The maximum Gasteiger partial charge on any atom is 0.309 e. The van der Waals surface area contributed by atoms with Crippen LogP contribution in [0.15, 0.2) is 24.3 Å². The number of carboxylic acids is 1. The average Bonchev–Trinajstić information content (AvgIpc) is 2.17. The van der Waals surface area contributed by atoms with Crippen LogP contribution in [-0.2, 0) is 11.2 Å². The predicted octanol–water partition coefficient (Wildman–Crippen LogP) is 3.04. The van der Waals surface area contributed by atoms with Gasteiger partial charge in [-0.05, 0) is 32.3 Å². The Hall–Kier alpha value is -1.31. The lowest BCUT2D eigenvalue weighted by atomic mass is 9.81. The van der Waals surface area contributed by atoms with E-state index >= 15 is 0 Å². The molecule has 0 radical (unpaired) electrons. The number of hydrogen-bond donors (Lipinski definition) is 1. The summed E-state index contributed by atoms with van der Waals surface area (Å²) in [4.78, 5) is 11.1. The molecule has 0 aromatic heterocycles. The number of rotatable bonds is 4. The van der Waals surface area contributed by atoms with Gasteiger partial charge in [-0.25, -0.2) is 0 Å². The van der Waals surface area contributed by atoms with Gasteiger partial charge in [-0.1, -0.05) is 36.8 Å².